The SMILES string of the molecule is FC(F)Oc1ccc(Nc2nc3c(-c4cncnc4)nccn3n2)cc1. The first-order chi connectivity index (χ1) is 12.7. The van der Waals surface area contributed by atoms with Crippen LogP contribution < -0.4 is 10.1 Å². The lowest BCUT2D eigenvalue weighted by atomic mass is 10.2. The van der Waals surface area contributed by atoms with E-state index >= 15 is 0 Å². The Labute approximate surface area is 145 Å². The number of hydrogen-bond acceptors (Lipinski definition) is 7. The summed E-state index contributed by atoms with van der Waals surface area (Å²) < 4.78 is 30.3. The lowest BCUT2D eigenvalue weighted by molar-refractivity contribution is -0.0498. The molecule has 0 bridgehead atoms. The number of nitrogens with one attached hydrogen (secondary N) is 1. The number of aromatic nitrogens is 6. The number of ether oxygens (including phenoxy) is 1. The van der Waals surface area contributed by atoms with E-state index in [-0.39, 0.29) is 5.75 Å². The van der Waals surface area contributed by atoms with E-state index in [1.54, 1.807) is 41.4 Å². The third kappa shape index (κ3) is 3.24. The fourth-order valence-electron chi connectivity index (χ4n) is 2.34. The van der Waals surface area contributed by atoms with Crippen molar-refractivity contribution >= 4 is 17.3 Å². The van der Waals surface area contributed by atoms with Crippen LogP contribution in [0.2, 0.25) is 0 Å². The third-order valence-electron chi connectivity index (χ3n) is 3.42. The summed E-state index contributed by atoms with van der Waals surface area (Å²) in [5.74, 6) is 0.405. The summed E-state index contributed by atoms with van der Waals surface area (Å²) in [6.07, 6.45) is 7.98. The van der Waals surface area contributed by atoms with E-state index in [0.717, 1.165) is 0 Å². The number of fused-ring (bicyclic) bond motifs is 1. The van der Waals surface area contributed by atoms with Crippen LogP contribution in [0.4, 0.5) is 20.4 Å². The Kier molecular flexibility index (Phi) is 4.06. The molecule has 3 heterocycles. The highest BCUT2D eigenvalue weighted by Gasteiger charge is 2.12. The standard InChI is InChI=1S/C16H11F2N7O/c17-15(18)26-12-3-1-11(2-4-12)22-16-23-14-13(10-7-19-9-20-8-10)21-5-6-25(14)24-16/h1-9,15H,(H,22,24). The van der Waals surface area contributed by atoms with Gasteiger partial charge in [0, 0.05) is 36.0 Å². The number of benzene rings is 1. The van der Waals surface area contributed by atoms with E-state index < -0.39 is 6.61 Å². The van der Waals surface area contributed by atoms with Crippen LogP contribution in [0, 0.1) is 0 Å². The number of halogens is 2. The molecule has 0 atom stereocenters. The summed E-state index contributed by atoms with van der Waals surface area (Å²) in [5.41, 5.74) is 2.46. The molecule has 0 saturated heterocycles. The van der Waals surface area contributed by atoms with Crippen molar-refractivity contribution in [2.45, 2.75) is 6.61 Å². The molecule has 0 aliphatic rings. The van der Waals surface area contributed by atoms with Crippen molar-refractivity contribution in [1.82, 2.24) is 29.5 Å². The van der Waals surface area contributed by atoms with Crippen molar-refractivity contribution in [2.24, 2.45) is 0 Å². The molecule has 1 N–H and O–H groups in total. The Morgan fingerprint density at radius 3 is 2.58 bits per heavy atom. The molecular weight excluding hydrogens is 344 g/mol. The average Bonchev–Trinajstić information content (AvgIpc) is 3.06. The van der Waals surface area contributed by atoms with Crippen molar-refractivity contribution in [2.75, 3.05) is 5.32 Å². The Hall–Kier alpha value is -3.69. The van der Waals surface area contributed by atoms with Gasteiger partial charge >= 0.3 is 6.61 Å². The summed E-state index contributed by atoms with van der Waals surface area (Å²) in [7, 11) is 0. The predicted octanol–water partition coefficient (Wildman–Crippen LogP) is 2.93. The van der Waals surface area contributed by atoms with E-state index in [1.165, 1.54) is 18.5 Å². The highest BCUT2D eigenvalue weighted by Crippen LogP contribution is 2.23. The fourth-order valence-corrected chi connectivity index (χ4v) is 2.34. The Bertz CT molecular complexity index is 1020. The first kappa shape index (κ1) is 15.8. The summed E-state index contributed by atoms with van der Waals surface area (Å²) in [5, 5.41) is 7.33. The van der Waals surface area contributed by atoms with E-state index in [0.29, 0.717) is 28.5 Å². The average molecular weight is 355 g/mol. The minimum absolute atomic E-state index is 0.0732. The zero-order valence-electron chi connectivity index (χ0n) is 13.1. The molecule has 0 spiro atoms. The van der Waals surface area contributed by atoms with Gasteiger partial charge in [-0.15, -0.1) is 5.10 Å². The zero-order chi connectivity index (χ0) is 17.9. The van der Waals surface area contributed by atoms with Crippen LogP contribution in [-0.2, 0) is 0 Å². The highest BCUT2D eigenvalue weighted by atomic mass is 19.3. The van der Waals surface area contributed by atoms with Crippen molar-refractivity contribution in [3.05, 3.63) is 55.4 Å². The first-order valence-electron chi connectivity index (χ1n) is 7.48. The molecule has 4 aromatic rings. The maximum atomic E-state index is 12.2. The van der Waals surface area contributed by atoms with E-state index in [2.05, 4.69) is 35.1 Å². The molecule has 1 aromatic carbocycles. The molecule has 0 fully saturated rings. The molecule has 0 aliphatic carbocycles. The van der Waals surface area contributed by atoms with Crippen LogP contribution in [0.5, 0.6) is 5.75 Å². The molecule has 8 nitrogen and oxygen atoms in total. The van der Waals surface area contributed by atoms with Crippen molar-refractivity contribution in [1.29, 1.82) is 0 Å². The van der Waals surface area contributed by atoms with Gasteiger partial charge in [-0.25, -0.2) is 14.5 Å². The van der Waals surface area contributed by atoms with Crippen LogP contribution in [0.25, 0.3) is 16.9 Å². The molecule has 0 unspecified atom stereocenters. The van der Waals surface area contributed by atoms with Gasteiger partial charge < -0.3 is 10.1 Å². The van der Waals surface area contributed by atoms with E-state index in [1.807, 2.05) is 0 Å². The van der Waals surface area contributed by atoms with Crippen LogP contribution in [0.15, 0.2) is 55.4 Å². The second-order valence-electron chi connectivity index (χ2n) is 5.13. The van der Waals surface area contributed by atoms with Crippen LogP contribution >= 0.6 is 0 Å². The van der Waals surface area contributed by atoms with Gasteiger partial charge in [-0.05, 0) is 24.3 Å². The molecular formula is C16H11F2N7O. The minimum Gasteiger partial charge on any atom is -0.435 e. The van der Waals surface area contributed by atoms with Crippen LogP contribution in [0.1, 0.15) is 0 Å². The number of hydrogen-bond donors (Lipinski definition) is 1. The summed E-state index contributed by atoms with van der Waals surface area (Å²) >= 11 is 0. The molecule has 130 valence electrons. The van der Waals surface area contributed by atoms with Gasteiger partial charge in [0.2, 0.25) is 5.95 Å². The van der Waals surface area contributed by atoms with Crippen molar-refractivity contribution in [3.8, 4) is 17.0 Å². The first-order valence-corrected chi connectivity index (χ1v) is 7.48. The molecule has 0 saturated carbocycles. The zero-order valence-corrected chi connectivity index (χ0v) is 13.1. The molecule has 3 aromatic heterocycles. The largest absolute Gasteiger partial charge is 0.435 e. The number of rotatable bonds is 5. The van der Waals surface area contributed by atoms with Crippen LogP contribution in [-0.4, -0.2) is 36.2 Å². The Morgan fingerprint density at radius 1 is 1.08 bits per heavy atom. The quantitative estimate of drug-likeness (QED) is 0.589. The van der Waals surface area contributed by atoms with Gasteiger partial charge in [0.1, 0.15) is 17.8 Å². The van der Waals surface area contributed by atoms with Gasteiger partial charge in [-0.1, -0.05) is 0 Å². The molecule has 0 amide bonds. The maximum Gasteiger partial charge on any atom is 0.387 e. The summed E-state index contributed by atoms with van der Waals surface area (Å²) in [6.45, 7) is -2.86. The van der Waals surface area contributed by atoms with Crippen molar-refractivity contribution in [3.63, 3.8) is 0 Å². The number of alkyl halides is 2. The number of nitrogens with zero attached hydrogens (tertiary/aromatic N) is 6. The molecule has 0 aliphatic heterocycles. The molecule has 4 rings (SSSR count). The maximum absolute atomic E-state index is 12.2. The number of anilines is 2. The molecule has 26 heavy (non-hydrogen) atoms. The van der Waals surface area contributed by atoms with Crippen molar-refractivity contribution < 1.29 is 13.5 Å². The van der Waals surface area contributed by atoms with Gasteiger partial charge in [-0.3, -0.25) is 4.98 Å². The van der Waals surface area contributed by atoms with E-state index in [4.69, 9.17) is 0 Å². The van der Waals surface area contributed by atoms with Gasteiger partial charge in [-0.2, -0.15) is 13.8 Å². The van der Waals surface area contributed by atoms with Crippen LogP contribution in [0.3, 0.4) is 0 Å². The second kappa shape index (κ2) is 6.67. The minimum atomic E-state index is -2.86. The lowest BCUT2D eigenvalue weighted by Crippen LogP contribution is -2.01. The smallest absolute Gasteiger partial charge is 0.387 e. The Balaban J connectivity index is 1.62. The predicted molar refractivity (Wildman–Crippen MR) is 88.2 cm³/mol. The van der Waals surface area contributed by atoms with Gasteiger partial charge in [0.15, 0.2) is 5.65 Å². The monoisotopic (exact) mass is 355 g/mol. The fraction of sp³-hybridized carbons (Fsp3) is 0.0625. The lowest BCUT2D eigenvalue weighted by Gasteiger charge is -2.05. The van der Waals surface area contributed by atoms with Gasteiger partial charge in [0.05, 0.1) is 0 Å². The normalized spacial score (nSPS) is 11.0. The molecule has 10 heteroatoms. The second-order valence-corrected chi connectivity index (χ2v) is 5.13. The van der Waals surface area contributed by atoms with Gasteiger partial charge in [0.25, 0.3) is 0 Å². The third-order valence-corrected chi connectivity index (χ3v) is 3.42. The topological polar surface area (TPSA) is 90.1 Å². The Morgan fingerprint density at radius 2 is 1.85 bits per heavy atom. The molecule has 0 radical (unpaired) electrons. The van der Waals surface area contributed by atoms with E-state index in [9.17, 15) is 8.78 Å². The highest BCUT2D eigenvalue weighted by molar-refractivity contribution is 5.73. The summed E-state index contributed by atoms with van der Waals surface area (Å²) in [4.78, 5) is 16.7. The summed E-state index contributed by atoms with van der Waals surface area (Å²) in [6, 6.07) is 6.04.